The topological polar surface area (TPSA) is 35.6 Å². The molecule has 4 nitrogen and oxygen atoms in total. The van der Waals surface area contributed by atoms with E-state index in [2.05, 4.69) is 10.2 Å². The Labute approximate surface area is 115 Å². The highest BCUT2D eigenvalue weighted by Gasteiger charge is 2.23. The van der Waals surface area contributed by atoms with Crippen LogP contribution in [-0.4, -0.2) is 60.5 Å². The fourth-order valence-electron chi connectivity index (χ4n) is 2.81. The maximum Gasteiger partial charge on any atom is 0.317 e. The molecule has 0 bridgehead atoms. The number of alkyl halides is 1. The Morgan fingerprint density at radius 2 is 1.78 bits per heavy atom. The molecule has 2 rings (SSSR count). The van der Waals surface area contributed by atoms with Crippen LogP contribution in [0.4, 0.5) is 4.79 Å². The van der Waals surface area contributed by atoms with Crippen molar-refractivity contribution in [2.24, 2.45) is 0 Å². The van der Waals surface area contributed by atoms with E-state index >= 15 is 0 Å². The normalized spacial score (nSPS) is 23.1. The van der Waals surface area contributed by atoms with E-state index in [1.165, 1.54) is 19.3 Å². The molecule has 0 aromatic carbocycles. The molecule has 2 amide bonds. The maximum absolute atomic E-state index is 12.1. The molecule has 104 valence electrons. The number of hydrogen-bond donors (Lipinski definition) is 1. The fourth-order valence-corrected chi connectivity index (χ4v) is 3.05. The summed E-state index contributed by atoms with van der Waals surface area (Å²) in [5.41, 5.74) is 0. The third kappa shape index (κ3) is 4.02. The highest BCUT2D eigenvalue weighted by Crippen LogP contribution is 2.17. The highest BCUT2D eigenvalue weighted by molar-refractivity contribution is 6.18. The molecule has 0 aromatic heterocycles. The lowest BCUT2D eigenvalue weighted by atomic mass is 9.96. The molecule has 5 heteroatoms. The largest absolute Gasteiger partial charge is 0.335 e. The molecule has 0 unspecified atom stereocenters. The van der Waals surface area contributed by atoms with Gasteiger partial charge in [-0.3, -0.25) is 4.90 Å². The molecule has 1 N–H and O–H groups in total. The summed E-state index contributed by atoms with van der Waals surface area (Å²) in [6, 6.07) is 0.541. The summed E-state index contributed by atoms with van der Waals surface area (Å²) in [7, 11) is 0. The van der Waals surface area contributed by atoms with Gasteiger partial charge in [0.25, 0.3) is 0 Å². The number of carbonyl (C=O) groups excluding carboxylic acids is 1. The first-order valence-corrected chi connectivity index (χ1v) is 7.67. The zero-order valence-electron chi connectivity index (χ0n) is 11.0. The van der Waals surface area contributed by atoms with Crippen LogP contribution in [0.15, 0.2) is 0 Å². The zero-order chi connectivity index (χ0) is 12.8. The highest BCUT2D eigenvalue weighted by atomic mass is 35.5. The molecular formula is C13H24ClN3O. The minimum atomic E-state index is 0.132. The van der Waals surface area contributed by atoms with E-state index in [1.807, 2.05) is 4.90 Å². The van der Waals surface area contributed by atoms with E-state index in [9.17, 15) is 4.79 Å². The van der Waals surface area contributed by atoms with Crippen molar-refractivity contribution in [1.29, 1.82) is 0 Å². The van der Waals surface area contributed by atoms with Crippen molar-refractivity contribution >= 4 is 17.6 Å². The van der Waals surface area contributed by atoms with Crippen molar-refractivity contribution in [1.82, 2.24) is 15.1 Å². The van der Waals surface area contributed by atoms with Crippen LogP contribution in [0.2, 0.25) is 0 Å². The lowest BCUT2D eigenvalue weighted by Crippen LogP contribution is -2.53. The van der Waals surface area contributed by atoms with Gasteiger partial charge >= 0.3 is 6.03 Å². The molecule has 2 aliphatic rings. The Kier molecular flexibility index (Phi) is 5.57. The van der Waals surface area contributed by atoms with Crippen molar-refractivity contribution < 1.29 is 4.79 Å². The average Bonchev–Trinajstić information content (AvgIpc) is 2.41. The number of carbonyl (C=O) groups is 1. The summed E-state index contributed by atoms with van der Waals surface area (Å²) in [6.07, 6.45) is 6.14. The Balaban J connectivity index is 1.70. The second kappa shape index (κ2) is 7.19. The molecule has 0 spiro atoms. The van der Waals surface area contributed by atoms with E-state index in [0.29, 0.717) is 11.9 Å². The summed E-state index contributed by atoms with van der Waals surface area (Å²) < 4.78 is 0. The van der Waals surface area contributed by atoms with Gasteiger partial charge in [0, 0.05) is 44.6 Å². The fraction of sp³-hybridized carbons (Fsp3) is 0.923. The number of nitrogens with zero attached hydrogens (tertiary/aromatic N) is 2. The van der Waals surface area contributed by atoms with Crippen LogP contribution in [0.5, 0.6) is 0 Å². The number of urea groups is 1. The smallest absolute Gasteiger partial charge is 0.317 e. The van der Waals surface area contributed by atoms with Crippen molar-refractivity contribution in [3.8, 4) is 0 Å². The Morgan fingerprint density at radius 1 is 1.11 bits per heavy atom. The molecule has 0 radical (unpaired) electrons. The zero-order valence-corrected chi connectivity index (χ0v) is 11.8. The number of halogens is 1. The summed E-state index contributed by atoms with van der Waals surface area (Å²) in [5.74, 6) is 0.675. The van der Waals surface area contributed by atoms with Crippen molar-refractivity contribution in [3.05, 3.63) is 0 Å². The van der Waals surface area contributed by atoms with Crippen LogP contribution < -0.4 is 5.32 Å². The number of amides is 2. The first-order chi connectivity index (χ1) is 8.79. The van der Waals surface area contributed by atoms with Gasteiger partial charge in [-0.1, -0.05) is 19.3 Å². The van der Waals surface area contributed by atoms with Gasteiger partial charge in [0.1, 0.15) is 0 Å². The molecule has 0 aromatic rings. The second-order valence-corrected chi connectivity index (χ2v) is 5.68. The Morgan fingerprint density at radius 3 is 2.39 bits per heavy atom. The van der Waals surface area contributed by atoms with Gasteiger partial charge in [-0.25, -0.2) is 4.79 Å². The van der Waals surface area contributed by atoms with Crippen LogP contribution >= 0.6 is 11.6 Å². The van der Waals surface area contributed by atoms with Gasteiger partial charge in [-0.05, 0) is 12.8 Å². The first kappa shape index (κ1) is 13.9. The van der Waals surface area contributed by atoms with Crippen LogP contribution in [0.3, 0.4) is 0 Å². The van der Waals surface area contributed by atoms with Crippen molar-refractivity contribution in [2.75, 3.05) is 38.6 Å². The van der Waals surface area contributed by atoms with Gasteiger partial charge in [0.05, 0.1) is 0 Å². The molecule has 0 atom stereocenters. The summed E-state index contributed by atoms with van der Waals surface area (Å²) in [6.45, 7) is 4.49. The average molecular weight is 274 g/mol. The molecule has 1 saturated heterocycles. The van der Waals surface area contributed by atoms with Gasteiger partial charge in [-0.15, -0.1) is 11.6 Å². The third-order valence-electron chi connectivity index (χ3n) is 3.99. The number of rotatable bonds is 3. The Bertz CT molecular complexity index is 261. The first-order valence-electron chi connectivity index (χ1n) is 7.13. The van der Waals surface area contributed by atoms with E-state index < -0.39 is 0 Å². The van der Waals surface area contributed by atoms with Gasteiger partial charge < -0.3 is 10.2 Å². The SMILES string of the molecule is O=C(NC1CCCCC1)N1CCN(CCCl)CC1. The standard InChI is InChI=1S/C13H24ClN3O/c14-6-7-16-8-10-17(11-9-16)13(18)15-12-4-2-1-3-5-12/h12H,1-11H2,(H,15,18). The molecule has 2 fully saturated rings. The molecule has 18 heavy (non-hydrogen) atoms. The van der Waals surface area contributed by atoms with Crippen LogP contribution in [0.25, 0.3) is 0 Å². The van der Waals surface area contributed by atoms with Crippen molar-refractivity contribution in [2.45, 2.75) is 38.1 Å². The van der Waals surface area contributed by atoms with E-state index in [0.717, 1.165) is 45.6 Å². The summed E-state index contributed by atoms with van der Waals surface area (Å²) >= 11 is 5.73. The van der Waals surface area contributed by atoms with Gasteiger partial charge in [0.2, 0.25) is 0 Å². The third-order valence-corrected chi connectivity index (χ3v) is 4.16. The van der Waals surface area contributed by atoms with Crippen LogP contribution in [-0.2, 0) is 0 Å². The van der Waals surface area contributed by atoms with Crippen LogP contribution in [0.1, 0.15) is 32.1 Å². The number of nitrogens with one attached hydrogen (secondary N) is 1. The van der Waals surface area contributed by atoms with E-state index in [-0.39, 0.29) is 6.03 Å². The molecule has 1 aliphatic heterocycles. The molecule has 1 saturated carbocycles. The second-order valence-electron chi connectivity index (χ2n) is 5.30. The molecule has 1 heterocycles. The molecule has 1 aliphatic carbocycles. The van der Waals surface area contributed by atoms with Gasteiger partial charge in [0.15, 0.2) is 0 Å². The number of piperazine rings is 1. The minimum absolute atomic E-state index is 0.132. The summed E-state index contributed by atoms with van der Waals surface area (Å²) in [5, 5.41) is 3.18. The van der Waals surface area contributed by atoms with E-state index in [1.54, 1.807) is 0 Å². The maximum atomic E-state index is 12.1. The molecular weight excluding hydrogens is 250 g/mol. The van der Waals surface area contributed by atoms with E-state index in [4.69, 9.17) is 11.6 Å². The predicted molar refractivity (Wildman–Crippen MR) is 74.1 cm³/mol. The van der Waals surface area contributed by atoms with Crippen molar-refractivity contribution in [3.63, 3.8) is 0 Å². The minimum Gasteiger partial charge on any atom is -0.335 e. The summed E-state index contributed by atoms with van der Waals surface area (Å²) in [4.78, 5) is 16.4. The van der Waals surface area contributed by atoms with Crippen LogP contribution in [0, 0.1) is 0 Å². The predicted octanol–water partition coefficient (Wildman–Crippen LogP) is 1.89. The van der Waals surface area contributed by atoms with Gasteiger partial charge in [-0.2, -0.15) is 0 Å². The monoisotopic (exact) mass is 273 g/mol. The Hall–Kier alpha value is -0.480. The quantitative estimate of drug-likeness (QED) is 0.797. The number of hydrogen-bond acceptors (Lipinski definition) is 2. The lowest BCUT2D eigenvalue weighted by Gasteiger charge is -2.35. The lowest BCUT2D eigenvalue weighted by molar-refractivity contribution is 0.139.